The highest BCUT2D eigenvalue weighted by molar-refractivity contribution is 5.29. The molecule has 1 saturated carbocycles. The molecule has 2 aliphatic carbocycles. The van der Waals surface area contributed by atoms with E-state index < -0.39 is 0 Å². The van der Waals surface area contributed by atoms with Crippen LogP contribution in [0.5, 0.6) is 0 Å². The highest BCUT2D eigenvalue weighted by atomic mass is 14.5. The molecule has 0 radical (unpaired) electrons. The largest absolute Gasteiger partial charge is 0.102 e. The van der Waals surface area contributed by atoms with Gasteiger partial charge in [-0.05, 0) is 50.9 Å². The maximum atomic E-state index is 4.15. The third-order valence-electron chi connectivity index (χ3n) is 4.88. The van der Waals surface area contributed by atoms with Crippen molar-refractivity contribution in [3.05, 3.63) is 36.5 Å². The Kier molecular flexibility index (Phi) is 3.10. The summed E-state index contributed by atoms with van der Waals surface area (Å²) in [5.74, 6) is 1.46. The maximum Gasteiger partial charge on any atom is 0.0120 e. The SMILES string of the molecule is C=C[C@@]12C[C@H](C(=C)C)CCC1=CCC[C@H]2C. The second kappa shape index (κ2) is 4.24. The van der Waals surface area contributed by atoms with Crippen LogP contribution >= 0.6 is 0 Å². The Hall–Kier alpha value is -0.780. The molecule has 0 aromatic rings. The highest BCUT2D eigenvalue weighted by Gasteiger charge is 2.43. The zero-order valence-electron chi connectivity index (χ0n) is 10.8. The van der Waals surface area contributed by atoms with Gasteiger partial charge in [0.1, 0.15) is 0 Å². The summed E-state index contributed by atoms with van der Waals surface area (Å²) in [7, 11) is 0. The van der Waals surface area contributed by atoms with Gasteiger partial charge in [0.05, 0.1) is 0 Å². The van der Waals surface area contributed by atoms with Gasteiger partial charge in [-0.15, -0.1) is 6.58 Å². The molecule has 0 nitrogen and oxygen atoms in total. The van der Waals surface area contributed by atoms with E-state index in [0.717, 1.165) is 5.92 Å². The molecule has 88 valence electrons. The van der Waals surface area contributed by atoms with Crippen LogP contribution in [-0.2, 0) is 0 Å². The van der Waals surface area contributed by atoms with Crippen LogP contribution in [0.3, 0.4) is 0 Å². The predicted octanol–water partition coefficient (Wildman–Crippen LogP) is 4.89. The standard InChI is InChI=1S/C16H24/c1-5-16-11-14(12(2)3)9-10-15(16)8-6-7-13(16)4/h5,8,13-14H,1-2,6-7,9-11H2,3-4H3/t13-,14-,16+/m1/s1. The van der Waals surface area contributed by atoms with Gasteiger partial charge in [-0.3, -0.25) is 0 Å². The van der Waals surface area contributed by atoms with Crippen molar-refractivity contribution in [2.24, 2.45) is 17.3 Å². The summed E-state index contributed by atoms with van der Waals surface area (Å²) in [5, 5.41) is 0. The summed E-state index contributed by atoms with van der Waals surface area (Å²) in [6, 6.07) is 0. The van der Waals surface area contributed by atoms with Crippen LogP contribution in [0.4, 0.5) is 0 Å². The second-order valence-corrected chi connectivity index (χ2v) is 5.74. The molecule has 2 aliphatic rings. The molecule has 2 rings (SSSR count). The van der Waals surface area contributed by atoms with Crippen LogP contribution in [0.2, 0.25) is 0 Å². The molecule has 0 unspecified atom stereocenters. The molecule has 16 heavy (non-hydrogen) atoms. The molecule has 0 N–H and O–H groups in total. The molecule has 0 heteroatoms. The number of rotatable bonds is 2. The topological polar surface area (TPSA) is 0 Å². The Labute approximate surface area is 100 Å². The molecule has 0 amide bonds. The molecule has 1 fully saturated rings. The maximum absolute atomic E-state index is 4.15. The smallest absolute Gasteiger partial charge is 0.0120 e. The lowest BCUT2D eigenvalue weighted by Crippen LogP contribution is -2.37. The third-order valence-corrected chi connectivity index (χ3v) is 4.88. The van der Waals surface area contributed by atoms with Gasteiger partial charge in [0.25, 0.3) is 0 Å². The van der Waals surface area contributed by atoms with Crippen molar-refractivity contribution in [3.8, 4) is 0 Å². The molecule has 0 aromatic carbocycles. The van der Waals surface area contributed by atoms with Crippen molar-refractivity contribution in [3.63, 3.8) is 0 Å². The summed E-state index contributed by atoms with van der Waals surface area (Å²) in [4.78, 5) is 0. The minimum atomic E-state index is 0.292. The van der Waals surface area contributed by atoms with Gasteiger partial charge in [0, 0.05) is 5.41 Å². The first-order valence-corrected chi connectivity index (χ1v) is 6.58. The number of allylic oxidation sites excluding steroid dienone is 4. The van der Waals surface area contributed by atoms with Crippen molar-refractivity contribution in [2.45, 2.75) is 46.0 Å². The Morgan fingerprint density at radius 2 is 2.25 bits per heavy atom. The number of fused-ring (bicyclic) bond motifs is 1. The van der Waals surface area contributed by atoms with E-state index in [9.17, 15) is 0 Å². The first kappa shape index (κ1) is 11.7. The van der Waals surface area contributed by atoms with Gasteiger partial charge >= 0.3 is 0 Å². The lowest BCUT2D eigenvalue weighted by Gasteiger charge is -2.48. The molecule has 3 atom stereocenters. The molecule has 0 saturated heterocycles. The zero-order chi connectivity index (χ0) is 11.8. The van der Waals surface area contributed by atoms with E-state index in [0.29, 0.717) is 11.3 Å². The van der Waals surface area contributed by atoms with Crippen molar-refractivity contribution >= 4 is 0 Å². The van der Waals surface area contributed by atoms with Crippen LogP contribution in [-0.4, -0.2) is 0 Å². The van der Waals surface area contributed by atoms with E-state index in [1.165, 1.54) is 37.7 Å². The second-order valence-electron chi connectivity index (χ2n) is 5.74. The van der Waals surface area contributed by atoms with Crippen LogP contribution in [0, 0.1) is 17.3 Å². The fourth-order valence-corrected chi connectivity index (χ4v) is 3.61. The Balaban J connectivity index is 2.33. The lowest BCUT2D eigenvalue weighted by molar-refractivity contribution is 0.184. The predicted molar refractivity (Wildman–Crippen MR) is 71.3 cm³/mol. The quantitative estimate of drug-likeness (QED) is 0.576. The van der Waals surface area contributed by atoms with Crippen LogP contribution in [0.1, 0.15) is 46.0 Å². The normalized spacial score (nSPS) is 38.5. The Bertz CT molecular complexity index is 334. The molecule has 0 spiro atoms. The van der Waals surface area contributed by atoms with E-state index in [1.807, 2.05) is 0 Å². The van der Waals surface area contributed by atoms with Crippen molar-refractivity contribution in [1.29, 1.82) is 0 Å². The minimum absolute atomic E-state index is 0.292. The van der Waals surface area contributed by atoms with Gasteiger partial charge in [0.15, 0.2) is 0 Å². The molecular weight excluding hydrogens is 192 g/mol. The van der Waals surface area contributed by atoms with E-state index >= 15 is 0 Å². The number of hydrogen-bond acceptors (Lipinski definition) is 0. The van der Waals surface area contributed by atoms with E-state index in [2.05, 4.69) is 39.2 Å². The average molecular weight is 216 g/mol. The lowest BCUT2D eigenvalue weighted by atomic mass is 9.57. The molecule has 0 bridgehead atoms. The first-order chi connectivity index (χ1) is 7.60. The van der Waals surface area contributed by atoms with Gasteiger partial charge < -0.3 is 0 Å². The molecular formula is C16H24. The molecule has 0 aliphatic heterocycles. The fraction of sp³-hybridized carbons (Fsp3) is 0.625. The zero-order valence-corrected chi connectivity index (χ0v) is 10.8. The van der Waals surface area contributed by atoms with Crippen molar-refractivity contribution in [1.82, 2.24) is 0 Å². The van der Waals surface area contributed by atoms with E-state index in [1.54, 1.807) is 5.57 Å². The summed E-state index contributed by atoms with van der Waals surface area (Å²) in [5.41, 5.74) is 3.32. The van der Waals surface area contributed by atoms with Gasteiger partial charge in [-0.2, -0.15) is 0 Å². The average Bonchev–Trinajstić information content (AvgIpc) is 2.29. The molecule has 0 heterocycles. The Morgan fingerprint density at radius 1 is 1.50 bits per heavy atom. The van der Waals surface area contributed by atoms with Crippen LogP contribution in [0.25, 0.3) is 0 Å². The summed E-state index contributed by atoms with van der Waals surface area (Å²) >= 11 is 0. The van der Waals surface area contributed by atoms with Crippen molar-refractivity contribution < 1.29 is 0 Å². The third kappa shape index (κ3) is 1.69. The van der Waals surface area contributed by atoms with E-state index in [-0.39, 0.29) is 0 Å². The van der Waals surface area contributed by atoms with Crippen LogP contribution in [0.15, 0.2) is 36.5 Å². The fourth-order valence-electron chi connectivity index (χ4n) is 3.61. The summed E-state index contributed by atoms with van der Waals surface area (Å²) in [6.07, 6.45) is 11.1. The van der Waals surface area contributed by atoms with Gasteiger partial charge in [-0.1, -0.05) is 36.8 Å². The van der Waals surface area contributed by atoms with Crippen molar-refractivity contribution in [2.75, 3.05) is 0 Å². The minimum Gasteiger partial charge on any atom is -0.102 e. The summed E-state index contributed by atoms with van der Waals surface area (Å²) < 4.78 is 0. The van der Waals surface area contributed by atoms with Crippen LogP contribution < -0.4 is 0 Å². The van der Waals surface area contributed by atoms with E-state index in [4.69, 9.17) is 0 Å². The highest BCUT2D eigenvalue weighted by Crippen LogP contribution is 2.54. The summed E-state index contributed by atoms with van der Waals surface area (Å²) in [6.45, 7) is 12.9. The van der Waals surface area contributed by atoms with Gasteiger partial charge in [0.2, 0.25) is 0 Å². The number of hydrogen-bond donors (Lipinski definition) is 0. The molecule has 0 aromatic heterocycles. The van der Waals surface area contributed by atoms with Gasteiger partial charge in [-0.25, -0.2) is 0 Å². The monoisotopic (exact) mass is 216 g/mol. The first-order valence-electron chi connectivity index (χ1n) is 6.58. The Morgan fingerprint density at radius 3 is 2.88 bits per heavy atom.